The number of rotatable bonds is 9. The van der Waals surface area contributed by atoms with E-state index in [4.69, 9.17) is 0 Å². The van der Waals surface area contributed by atoms with Gasteiger partial charge in [-0.1, -0.05) is 6.92 Å². The summed E-state index contributed by atoms with van der Waals surface area (Å²) in [4.78, 5) is 12.4. The number of nitrogens with one attached hydrogen (secondary N) is 1. The molecule has 1 heterocycles. The van der Waals surface area contributed by atoms with Crippen LogP contribution in [0.1, 0.15) is 20.3 Å². The van der Waals surface area contributed by atoms with E-state index in [-0.39, 0.29) is 5.95 Å². The SMILES string of the molecule is CCCSc1ccc2nc(/N=C/C(O)C(O)C(O)C(O)[C@H](C)O)[nH]c2c1. The highest BCUT2D eigenvalue weighted by Crippen LogP contribution is 2.24. The van der Waals surface area contributed by atoms with Crippen LogP contribution in [0.3, 0.4) is 0 Å². The van der Waals surface area contributed by atoms with Gasteiger partial charge in [0.15, 0.2) is 0 Å². The van der Waals surface area contributed by atoms with Crippen molar-refractivity contribution < 1.29 is 25.5 Å². The molecule has 8 nitrogen and oxygen atoms in total. The Kier molecular flexibility index (Phi) is 7.56. The van der Waals surface area contributed by atoms with Crippen molar-refractivity contribution in [2.75, 3.05) is 5.75 Å². The Morgan fingerprint density at radius 1 is 1.15 bits per heavy atom. The fourth-order valence-electron chi connectivity index (χ4n) is 2.27. The molecule has 1 aromatic heterocycles. The van der Waals surface area contributed by atoms with Crippen molar-refractivity contribution in [2.45, 2.75) is 55.7 Å². The van der Waals surface area contributed by atoms with Gasteiger partial charge in [0.1, 0.15) is 24.4 Å². The molecular weight excluding hydrogens is 358 g/mol. The minimum absolute atomic E-state index is 0.245. The zero-order valence-electron chi connectivity index (χ0n) is 14.6. The number of H-pyrrole nitrogens is 1. The molecule has 0 fully saturated rings. The first-order chi connectivity index (χ1) is 12.3. The van der Waals surface area contributed by atoms with Crippen molar-refractivity contribution in [3.05, 3.63) is 18.2 Å². The van der Waals surface area contributed by atoms with Crippen molar-refractivity contribution >= 4 is 35.0 Å². The number of hydrogen-bond acceptors (Lipinski definition) is 8. The highest BCUT2D eigenvalue weighted by Gasteiger charge is 2.32. The molecule has 2 aromatic rings. The zero-order chi connectivity index (χ0) is 19.3. The van der Waals surface area contributed by atoms with Crippen LogP contribution in [-0.2, 0) is 0 Å². The number of aliphatic hydroxyl groups excluding tert-OH is 5. The standard InChI is InChI=1S/C17H25N3O5S/c1-3-6-26-10-4-5-11-12(7-10)20-17(19-11)18-8-13(22)15(24)16(25)14(23)9(2)21/h4-5,7-9,13-16,21-25H,3,6H2,1-2H3,(H,19,20)/b18-8+/t9-,13?,14?,15?,16?/m0/s1. The molecule has 0 saturated heterocycles. The minimum atomic E-state index is -1.72. The number of aliphatic imine (C=N–C) groups is 1. The van der Waals surface area contributed by atoms with Gasteiger partial charge in [-0.15, -0.1) is 11.8 Å². The van der Waals surface area contributed by atoms with Crippen molar-refractivity contribution in [2.24, 2.45) is 4.99 Å². The summed E-state index contributed by atoms with van der Waals surface area (Å²) < 4.78 is 0. The fourth-order valence-corrected chi connectivity index (χ4v) is 3.08. The summed E-state index contributed by atoms with van der Waals surface area (Å²) in [5.74, 6) is 1.27. The number of fused-ring (bicyclic) bond motifs is 1. The number of nitrogens with zero attached hydrogens (tertiary/aromatic N) is 2. The van der Waals surface area contributed by atoms with Crippen molar-refractivity contribution in [1.82, 2.24) is 9.97 Å². The Balaban J connectivity index is 2.06. The van der Waals surface area contributed by atoms with Crippen LogP contribution in [0.25, 0.3) is 11.0 Å². The van der Waals surface area contributed by atoms with E-state index in [1.807, 2.05) is 18.2 Å². The predicted octanol–water partition coefficient (Wildman–Crippen LogP) is 0.592. The Hall–Kier alpha value is -1.49. The monoisotopic (exact) mass is 383 g/mol. The summed E-state index contributed by atoms with van der Waals surface area (Å²) in [7, 11) is 0. The summed E-state index contributed by atoms with van der Waals surface area (Å²) in [6, 6.07) is 5.82. The van der Waals surface area contributed by atoms with Gasteiger partial charge in [-0.25, -0.2) is 9.98 Å². The summed E-state index contributed by atoms with van der Waals surface area (Å²) in [6.45, 7) is 3.38. The maximum Gasteiger partial charge on any atom is 0.227 e. The maximum absolute atomic E-state index is 9.90. The van der Waals surface area contributed by atoms with E-state index in [2.05, 4.69) is 21.9 Å². The van der Waals surface area contributed by atoms with E-state index < -0.39 is 30.5 Å². The summed E-state index contributed by atoms with van der Waals surface area (Å²) in [5, 5.41) is 48.3. The first-order valence-corrected chi connectivity index (χ1v) is 9.39. The molecule has 9 heteroatoms. The molecule has 1 aromatic carbocycles. The topological polar surface area (TPSA) is 142 Å². The van der Waals surface area contributed by atoms with Crippen molar-refractivity contribution in [1.29, 1.82) is 0 Å². The van der Waals surface area contributed by atoms with Crippen LogP contribution < -0.4 is 0 Å². The van der Waals surface area contributed by atoms with Gasteiger partial charge in [0.25, 0.3) is 0 Å². The second-order valence-corrected chi connectivity index (χ2v) is 7.24. The van der Waals surface area contributed by atoms with Gasteiger partial charge in [0.05, 0.1) is 17.1 Å². The van der Waals surface area contributed by atoms with Gasteiger partial charge in [0, 0.05) is 11.1 Å². The molecule has 0 spiro atoms. The maximum atomic E-state index is 9.90. The second kappa shape index (κ2) is 9.45. The Morgan fingerprint density at radius 3 is 2.54 bits per heavy atom. The van der Waals surface area contributed by atoms with Gasteiger partial charge in [0.2, 0.25) is 5.95 Å². The lowest BCUT2D eigenvalue weighted by molar-refractivity contribution is -0.118. The Labute approximate surface area is 155 Å². The van der Waals surface area contributed by atoms with Crippen molar-refractivity contribution in [3.8, 4) is 0 Å². The first kappa shape index (κ1) is 20.8. The van der Waals surface area contributed by atoms with Crippen LogP contribution in [-0.4, -0.2) is 78.0 Å². The van der Waals surface area contributed by atoms with Crippen molar-refractivity contribution in [3.63, 3.8) is 0 Å². The Morgan fingerprint density at radius 2 is 1.88 bits per heavy atom. The average molecular weight is 383 g/mol. The van der Waals surface area contributed by atoms with Crippen LogP contribution >= 0.6 is 11.8 Å². The number of benzene rings is 1. The lowest BCUT2D eigenvalue weighted by Crippen LogP contribution is -2.48. The quantitative estimate of drug-likeness (QED) is 0.275. The van der Waals surface area contributed by atoms with Gasteiger partial charge in [-0.05, 0) is 37.3 Å². The van der Waals surface area contributed by atoms with Gasteiger partial charge in [-0.3, -0.25) is 0 Å². The van der Waals surface area contributed by atoms with E-state index in [0.717, 1.165) is 34.3 Å². The summed E-state index contributed by atoms with van der Waals surface area (Å²) in [6.07, 6.45) is -5.70. The highest BCUT2D eigenvalue weighted by atomic mass is 32.2. The lowest BCUT2D eigenvalue weighted by atomic mass is 10.0. The minimum Gasteiger partial charge on any atom is -0.391 e. The third kappa shape index (κ3) is 5.26. The molecular formula is C17H25N3O5S. The molecule has 144 valence electrons. The number of thioether (sulfide) groups is 1. The molecule has 4 unspecified atom stereocenters. The average Bonchev–Trinajstić information content (AvgIpc) is 3.04. The number of aromatic nitrogens is 2. The summed E-state index contributed by atoms with van der Waals surface area (Å²) in [5.41, 5.74) is 1.52. The molecule has 0 radical (unpaired) electrons. The second-order valence-electron chi connectivity index (χ2n) is 6.07. The molecule has 2 rings (SSSR count). The Bertz CT molecular complexity index is 736. The van der Waals surface area contributed by atoms with Gasteiger partial charge < -0.3 is 30.5 Å². The van der Waals surface area contributed by atoms with Crippen LogP contribution in [0.4, 0.5) is 5.95 Å². The molecule has 0 aliphatic heterocycles. The predicted molar refractivity (Wildman–Crippen MR) is 101 cm³/mol. The normalized spacial score (nSPS) is 18.1. The molecule has 0 aliphatic rings. The van der Waals surface area contributed by atoms with Crippen LogP contribution in [0.15, 0.2) is 28.1 Å². The summed E-state index contributed by atoms with van der Waals surface area (Å²) >= 11 is 1.74. The number of aliphatic hydroxyl groups is 5. The highest BCUT2D eigenvalue weighted by molar-refractivity contribution is 7.99. The largest absolute Gasteiger partial charge is 0.391 e. The lowest BCUT2D eigenvalue weighted by Gasteiger charge is -2.26. The number of hydrogen-bond donors (Lipinski definition) is 6. The molecule has 0 bridgehead atoms. The van der Waals surface area contributed by atoms with Gasteiger partial charge in [-0.2, -0.15) is 0 Å². The molecule has 0 saturated carbocycles. The first-order valence-electron chi connectivity index (χ1n) is 8.40. The number of imidazole rings is 1. The fraction of sp³-hybridized carbons (Fsp3) is 0.529. The van der Waals surface area contributed by atoms with Crippen LogP contribution in [0.2, 0.25) is 0 Å². The van der Waals surface area contributed by atoms with Crippen LogP contribution in [0.5, 0.6) is 0 Å². The van der Waals surface area contributed by atoms with Gasteiger partial charge >= 0.3 is 0 Å². The van der Waals surface area contributed by atoms with E-state index in [9.17, 15) is 25.5 Å². The van der Waals surface area contributed by atoms with E-state index in [0.29, 0.717) is 0 Å². The van der Waals surface area contributed by atoms with Crippen LogP contribution in [0, 0.1) is 0 Å². The smallest absolute Gasteiger partial charge is 0.227 e. The molecule has 0 amide bonds. The number of aromatic amines is 1. The molecule has 0 aliphatic carbocycles. The van der Waals surface area contributed by atoms with E-state index >= 15 is 0 Å². The third-order valence-electron chi connectivity index (χ3n) is 3.81. The van der Waals surface area contributed by atoms with E-state index in [1.165, 1.54) is 6.92 Å². The molecule has 6 N–H and O–H groups in total. The third-order valence-corrected chi connectivity index (χ3v) is 5.01. The molecule has 26 heavy (non-hydrogen) atoms. The zero-order valence-corrected chi connectivity index (χ0v) is 15.5. The molecule has 5 atom stereocenters. The van der Waals surface area contributed by atoms with E-state index in [1.54, 1.807) is 11.8 Å².